The molecule has 2 aromatic rings. The summed E-state index contributed by atoms with van der Waals surface area (Å²) >= 11 is 4.92. The van der Waals surface area contributed by atoms with E-state index in [1.807, 2.05) is 23.1 Å². The number of hydrogen-bond donors (Lipinski definition) is 1. The Bertz CT molecular complexity index is 720. The maximum Gasteiger partial charge on any atom is 0.266 e. The van der Waals surface area contributed by atoms with E-state index in [1.165, 1.54) is 16.9 Å². The van der Waals surface area contributed by atoms with Crippen molar-refractivity contribution in [3.05, 3.63) is 39.2 Å². The molecule has 0 aliphatic carbocycles. The van der Waals surface area contributed by atoms with Crippen LogP contribution in [0.2, 0.25) is 0 Å². The molecular formula is C15H15BrN2OS. The lowest BCUT2D eigenvalue weighted by Crippen LogP contribution is -2.35. The molecule has 0 bridgehead atoms. The lowest BCUT2D eigenvalue weighted by atomic mass is 10.1. The lowest BCUT2D eigenvalue weighted by Gasteiger charge is -2.25. The average Bonchev–Trinajstić information content (AvgIpc) is 2.75. The van der Waals surface area contributed by atoms with Crippen molar-refractivity contribution in [2.45, 2.75) is 13.3 Å². The number of nitrogens with zero attached hydrogens (tertiary/aromatic N) is 1. The van der Waals surface area contributed by atoms with Crippen molar-refractivity contribution in [2.75, 3.05) is 18.8 Å². The number of hydrogen-bond acceptors (Lipinski definition) is 3. The van der Waals surface area contributed by atoms with Crippen molar-refractivity contribution < 1.29 is 4.79 Å². The van der Waals surface area contributed by atoms with E-state index in [4.69, 9.17) is 5.73 Å². The van der Waals surface area contributed by atoms with E-state index in [0.29, 0.717) is 17.1 Å². The zero-order valence-electron chi connectivity index (χ0n) is 11.1. The summed E-state index contributed by atoms with van der Waals surface area (Å²) in [5.41, 5.74) is 8.02. The fraction of sp³-hybridized carbons (Fsp3) is 0.267. The smallest absolute Gasteiger partial charge is 0.266 e. The first-order valence-electron chi connectivity index (χ1n) is 6.48. The van der Waals surface area contributed by atoms with E-state index in [0.717, 1.165) is 27.5 Å². The molecule has 0 fully saturated rings. The van der Waals surface area contributed by atoms with Gasteiger partial charge in [0.2, 0.25) is 0 Å². The van der Waals surface area contributed by atoms with Crippen LogP contribution >= 0.6 is 27.3 Å². The molecule has 1 amide bonds. The number of fused-ring (bicyclic) bond motifs is 1. The summed E-state index contributed by atoms with van der Waals surface area (Å²) in [5.74, 6) is 0.0484. The zero-order valence-corrected chi connectivity index (χ0v) is 13.6. The number of carbonyl (C=O) groups is 1. The largest absolute Gasteiger partial charge is 0.397 e. The second-order valence-electron chi connectivity index (χ2n) is 5.05. The van der Waals surface area contributed by atoms with E-state index in [9.17, 15) is 4.79 Å². The first-order valence-corrected chi connectivity index (χ1v) is 8.09. The highest BCUT2D eigenvalue weighted by molar-refractivity contribution is 9.10. The Hall–Kier alpha value is -1.33. The van der Waals surface area contributed by atoms with Crippen molar-refractivity contribution >= 4 is 48.9 Å². The summed E-state index contributed by atoms with van der Waals surface area (Å²) < 4.78 is 2.03. The zero-order chi connectivity index (χ0) is 14.3. The van der Waals surface area contributed by atoms with Gasteiger partial charge in [-0.2, -0.15) is 0 Å². The van der Waals surface area contributed by atoms with Crippen molar-refractivity contribution in [1.29, 1.82) is 0 Å². The van der Waals surface area contributed by atoms with E-state index < -0.39 is 0 Å². The molecule has 0 saturated carbocycles. The first kappa shape index (κ1) is 13.6. The van der Waals surface area contributed by atoms with Gasteiger partial charge in [0.05, 0.1) is 5.69 Å². The van der Waals surface area contributed by atoms with Gasteiger partial charge < -0.3 is 10.6 Å². The summed E-state index contributed by atoms with van der Waals surface area (Å²) in [6, 6.07) is 5.94. The minimum absolute atomic E-state index is 0.0484. The molecule has 1 aromatic carbocycles. The Kier molecular flexibility index (Phi) is 3.56. The number of halogens is 1. The van der Waals surface area contributed by atoms with E-state index >= 15 is 0 Å². The monoisotopic (exact) mass is 350 g/mol. The van der Waals surface area contributed by atoms with Crippen LogP contribution in [0.4, 0.5) is 5.69 Å². The highest BCUT2D eigenvalue weighted by atomic mass is 79.9. The number of thiophene rings is 1. The summed E-state index contributed by atoms with van der Waals surface area (Å²) in [6.07, 6.45) is 3.11. The molecule has 5 heteroatoms. The van der Waals surface area contributed by atoms with Gasteiger partial charge in [-0.1, -0.05) is 27.6 Å². The molecule has 3 nitrogen and oxygen atoms in total. The molecule has 0 saturated heterocycles. The molecule has 1 aromatic heterocycles. The normalized spacial score (nSPS) is 15.5. The van der Waals surface area contributed by atoms with Crippen molar-refractivity contribution in [3.8, 4) is 0 Å². The molecule has 3 rings (SSSR count). The third-order valence-corrected chi connectivity index (χ3v) is 5.17. The predicted octanol–water partition coefficient (Wildman–Crippen LogP) is 4.04. The fourth-order valence-electron chi connectivity index (χ4n) is 2.48. The highest BCUT2D eigenvalue weighted by Crippen LogP contribution is 2.36. The predicted molar refractivity (Wildman–Crippen MR) is 88.2 cm³/mol. The lowest BCUT2D eigenvalue weighted by molar-refractivity contribution is 0.0772. The number of carbonyl (C=O) groups excluding carboxylic acids is 1. The van der Waals surface area contributed by atoms with Gasteiger partial charge in [0, 0.05) is 27.6 Å². The first-order chi connectivity index (χ1) is 9.56. The van der Waals surface area contributed by atoms with Gasteiger partial charge in [-0.05, 0) is 31.5 Å². The van der Waals surface area contributed by atoms with Gasteiger partial charge in [0.25, 0.3) is 5.91 Å². The third-order valence-electron chi connectivity index (χ3n) is 3.50. The van der Waals surface area contributed by atoms with Gasteiger partial charge in [-0.15, -0.1) is 11.3 Å². The maximum atomic E-state index is 12.6. The molecule has 1 aliphatic heterocycles. The van der Waals surface area contributed by atoms with Gasteiger partial charge in [-0.3, -0.25) is 4.79 Å². The van der Waals surface area contributed by atoms with Crippen LogP contribution in [0.3, 0.4) is 0 Å². The van der Waals surface area contributed by atoms with Gasteiger partial charge >= 0.3 is 0 Å². The van der Waals surface area contributed by atoms with Crippen LogP contribution in [-0.2, 0) is 0 Å². The minimum atomic E-state index is 0.0484. The quantitative estimate of drug-likeness (QED) is 0.789. The van der Waals surface area contributed by atoms with E-state index in [1.54, 1.807) is 0 Å². The Labute approximate surface area is 130 Å². The van der Waals surface area contributed by atoms with Crippen molar-refractivity contribution in [2.24, 2.45) is 0 Å². The van der Waals surface area contributed by atoms with Crippen molar-refractivity contribution in [1.82, 2.24) is 4.90 Å². The van der Waals surface area contributed by atoms with Crippen LogP contribution < -0.4 is 5.73 Å². The molecule has 0 spiro atoms. The summed E-state index contributed by atoms with van der Waals surface area (Å²) in [4.78, 5) is 15.2. The molecule has 2 heterocycles. The number of rotatable bonds is 1. The molecule has 0 atom stereocenters. The number of benzene rings is 1. The van der Waals surface area contributed by atoms with Crippen LogP contribution in [-0.4, -0.2) is 23.9 Å². The summed E-state index contributed by atoms with van der Waals surface area (Å²) in [5, 5.41) is 0.956. The second-order valence-corrected chi connectivity index (χ2v) is 7.02. The van der Waals surface area contributed by atoms with Crippen LogP contribution in [0, 0.1) is 0 Å². The van der Waals surface area contributed by atoms with Crippen LogP contribution in [0.25, 0.3) is 10.1 Å². The number of nitrogen functional groups attached to an aromatic ring is 1. The number of amides is 1. The fourth-order valence-corrected chi connectivity index (χ4v) is 3.91. The molecule has 0 unspecified atom stereocenters. The summed E-state index contributed by atoms with van der Waals surface area (Å²) in [7, 11) is 0. The highest BCUT2D eigenvalue weighted by Gasteiger charge is 2.23. The van der Waals surface area contributed by atoms with Crippen LogP contribution in [0.5, 0.6) is 0 Å². The molecule has 1 aliphatic rings. The van der Waals surface area contributed by atoms with Crippen LogP contribution in [0.15, 0.2) is 34.3 Å². The van der Waals surface area contributed by atoms with Gasteiger partial charge in [-0.25, -0.2) is 0 Å². The Morgan fingerprint density at radius 3 is 3.00 bits per heavy atom. The number of nitrogens with two attached hydrogens (primary N) is 1. The molecule has 20 heavy (non-hydrogen) atoms. The molecule has 0 radical (unpaired) electrons. The van der Waals surface area contributed by atoms with Crippen LogP contribution in [0.1, 0.15) is 23.0 Å². The van der Waals surface area contributed by atoms with Gasteiger partial charge in [0.15, 0.2) is 0 Å². The van der Waals surface area contributed by atoms with Gasteiger partial charge in [0.1, 0.15) is 4.88 Å². The Morgan fingerprint density at radius 1 is 1.45 bits per heavy atom. The number of anilines is 1. The SMILES string of the molecule is CC1=CCCN(C(=O)c2sc3ccc(Br)cc3c2N)C1. The van der Waals surface area contributed by atoms with E-state index in [2.05, 4.69) is 28.9 Å². The second kappa shape index (κ2) is 5.22. The minimum Gasteiger partial charge on any atom is -0.397 e. The Balaban J connectivity index is 2.00. The average molecular weight is 351 g/mol. The molecular weight excluding hydrogens is 336 g/mol. The molecule has 104 valence electrons. The third kappa shape index (κ3) is 2.36. The topological polar surface area (TPSA) is 46.3 Å². The standard InChI is InChI=1S/C15H15BrN2OS/c1-9-3-2-6-18(8-9)15(19)14-13(17)11-7-10(16)4-5-12(11)20-14/h3-5,7H,2,6,8,17H2,1H3. The Morgan fingerprint density at radius 2 is 2.25 bits per heavy atom. The molecule has 2 N–H and O–H groups in total. The van der Waals surface area contributed by atoms with E-state index in [-0.39, 0.29) is 5.91 Å². The summed E-state index contributed by atoms with van der Waals surface area (Å²) in [6.45, 7) is 3.54. The maximum absolute atomic E-state index is 12.6. The van der Waals surface area contributed by atoms with Crippen molar-refractivity contribution in [3.63, 3.8) is 0 Å².